The first-order valence-corrected chi connectivity index (χ1v) is 9.76. The topological polar surface area (TPSA) is 104 Å². The van der Waals surface area contributed by atoms with Gasteiger partial charge in [0.1, 0.15) is 11.5 Å². The molecule has 1 atom stereocenters. The number of rotatable bonds is 7. The van der Waals surface area contributed by atoms with E-state index in [4.69, 9.17) is 15.6 Å². The summed E-state index contributed by atoms with van der Waals surface area (Å²) in [4.78, 5) is 23.1. The van der Waals surface area contributed by atoms with Crippen molar-refractivity contribution in [1.29, 1.82) is 0 Å². The number of aliphatic carboxylic acids is 1. The van der Waals surface area contributed by atoms with Gasteiger partial charge < -0.3 is 24.9 Å². The van der Waals surface area contributed by atoms with Crippen molar-refractivity contribution < 1.29 is 37.3 Å². The number of hydrogen-bond donors (Lipinski definition) is 2. The molecule has 0 saturated heterocycles. The van der Waals surface area contributed by atoms with Crippen LogP contribution in [0, 0.1) is 0 Å². The van der Waals surface area contributed by atoms with E-state index in [1.807, 2.05) is 4.57 Å². The van der Waals surface area contributed by atoms with Crippen LogP contribution in [-0.4, -0.2) is 34.5 Å². The van der Waals surface area contributed by atoms with Gasteiger partial charge in [0.15, 0.2) is 6.61 Å². The summed E-state index contributed by atoms with van der Waals surface area (Å²) in [5.41, 5.74) is 8.34. The Morgan fingerprint density at radius 2 is 1.94 bits per heavy atom. The van der Waals surface area contributed by atoms with Crippen molar-refractivity contribution in [3.63, 3.8) is 0 Å². The van der Waals surface area contributed by atoms with E-state index < -0.39 is 30.8 Å². The molecule has 1 amide bonds. The van der Waals surface area contributed by atoms with Gasteiger partial charge in [-0.25, -0.2) is 4.79 Å². The van der Waals surface area contributed by atoms with Crippen molar-refractivity contribution in [2.45, 2.75) is 31.7 Å². The highest BCUT2D eigenvalue weighted by Gasteiger charge is 2.35. The van der Waals surface area contributed by atoms with Gasteiger partial charge in [-0.15, -0.1) is 13.2 Å². The summed E-state index contributed by atoms with van der Waals surface area (Å²) in [5, 5.41) is 9.58. The van der Waals surface area contributed by atoms with Crippen molar-refractivity contribution in [1.82, 2.24) is 4.57 Å². The lowest BCUT2D eigenvalue weighted by Gasteiger charge is -2.13. The number of fused-ring (bicyclic) bond motifs is 3. The van der Waals surface area contributed by atoms with E-state index in [0.29, 0.717) is 40.6 Å². The molecule has 1 unspecified atom stereocenters. The fourth-order valence-electron chi connectivity index (χ4n) is 4.27. The fraction of sp³-hybridized carbons (Fsp3) is 0.273. The fourth-order valence-corrected chi connectivity index (χ4v) is 4.27. The van der Waals surface area contributed by atoms with E-state index in [2.05, 4.69) is 4.74 Å². The predicted octanol–water partition coefficient (Wildman–Crippen LogP) is 3.57. The van der Waals surface area contributed by atoms with Gasteiger partial charge in [0.2, 0.25) is 5.91 Å². The molecule has 0 saturated carbocycles. The summed E-state index contributed by atoms with van der Waals surface area (Å²) in [6.45, 7) is -0.341. The van der Waals surface area contributed by atoms with Gasteiger partial charge in [0.25, 0.3) is 0 Å². The molecule has 0 spiro atoms. The lowest BCUT2D eigenvalue weighted by molar-refractivity contribution is -0.274. The molecule has 0 fully saturated rings. The number of carbonyl (C=O) groups excluding carboxylic acids is 1. The number of aromatic nitrogens is 1. The molecule has 1 aromatic heterocycles. The molecule has 32 heavy (non-hydrogen) atoms. The van der Waals surface area contributed by atoms with Crippen LogP contribution >= 0.6 is 0 Å². The highest BCUT2D eigenvalue weighted by atomic mass is 19.4. The maximum absolute atomic E-state index is 12.6. The number of alkyl halides is 3. The lowest BCUT2D eigenvalue weighted by Crippen LogP contribution is -2.19. The van der Waals surface area contributed by atoms with Gasteiger partial charge in [-0.2, -0.15) is 0 Å². The Labute approximate surface area is 180 Å². The molecule has 3 aromatic rings. The molecular formula is C22H19F3N2O5. The predicted molar refractivity (Wildman–Crippen MR) is 108 cm³/mol. The standard InChI is InChI=1S/C22H19F3N2O5/c23-22(24,25)32-13-4-1-3-12(9-13)10-27-15-5-2-6-17(31-11-18(28)29)20(15)19-14(21(26)30)7-8-16(19)27/h1-6,9,14H,7-8,10-11H2,(H2,26,30)(H,28,29). The van der Waals surface area contributed by atoms with Crippen LogP contribution in [0.25, 0.3) is 10.9 Å². The van der Waals surface area contributed by atoms with Gasteiger partial charge in [0, 0.05) is 17.6 Å². The zero-order chi connectivity index (χ0) is 23.0. The third-order valence-corrected chi connectivity index (χ3v) is 5.39. The number of nitrogens with two attached hydrogens (primary N) is 1. The number of halogens is 3. The average Bonchev–Trinajstić information content (AvgIpc) is 3.25. The highest BCUT2D eigenvalue weighted by molar-refractivity contribution is 5.97. The molecule has 168 valence electrons. The first-order valence-electron chi connectivity index (χ1n) is 9.76. The Morgan fingerprint density at radius 1 is 1.19 bits per heavy atom. The number of primary amides is 1. The number of carbonyl (C=O) groups is 2. The summed E-state index contributed by atoms with van der Waals surface area (Å²) < 4.78 is 49.2. The van der Waals surface area contributed by atoms with Crippen LogP contribution in [-0.2, 0) is 22.6 Å². The molecule has 7 nitrogen and oxygen atoms in total. The molecular weight excluding hydrogens is 429 g/mol. The summed E-state index contributed by atoms with van der Waals surface area (Å²) in [6.07, 6.45) is -3.78. The molecule has 1 heterocycles. The van der Waals surface area contributed by atoms with E-state index in [-0.39, 0.29) is 12.3 Å². The Hall–Kier alpha value is -3.69. The summed E-state index contributed by atoms with van der Waals surface area (Å²) in [7, 11) is 0. The minimum atomic E-state index is -4.80. The smallest absolute Gasteiger partial charge is 0.481 e. The quantitative estimate of drug-likeness (QED) is 0.575. The summed E-state index contributed by atoms with van der Waals surface area (Å²) in [5.74, 6) is -2.24. The first kappa shape index (κ1) is 21.5. The van der Waals surface area contributed by atoms with E-state index in [0.717, 1.165) is 5.69 Å². The van der Waals surface area contributed by atoms with Crippen molar-refractivity contribution in [2.24, 2.45) is 5.73 Å². The van der Waals surface area contributed by atoms with E-state index in [1.54, 1.807) is 24.3 Å². The minimum absolute atomic E-state index is 0.217. The van der Waals surface area contributed by atoms with E-state index >= 15 is 0 Å². The number of hydrogen-bond acceptors (Lipinski definition) is 4. The van der Waals surface area contributed by atoms with E-state index in [9.17, 15) is 22.8 Å². The number of nitrogens with zero attached hydrogens (tertiary/aromatic N) is 1. The van der Waals surface area contributed by atoms with Gasteiger partial charge in [-0.1, -0.05) is 18.2 Å². The normalized spacial score (nSPS) is 15.5. The molecule has 3 N–H and O–H groups in total. The van der Waals surface area contributed by atoms with Crippen molar-refractivity contribution >= 4 is 22.8 Å². The number of benzene rings is 2. The number of carboxylic acid groups (broad SMARTS) is 1. The SMILES string of the molecule is NC(=O)C1CCc2c1c1c(OCC(=O)O)cccc1n2Cc1cccc(OC(F)(F)F)c1. The third-order valence-electron chi connectivity index (χ3n) is 5.39. The maximum atomic E-state index is 12.6. The monoisotopic (exact) mass is 448 g/mol. The number of carboxylic acids is 1. The number of ether oxygens (including phenoxy) is 2. The summed E-state index contributed by atoms with van der Waals surface area (Å²) in [6, 6.07) is 10.8. The Bertz CT molecular complexity index is 1200. The zero-order valence-electron chi connectivity index (χ0n) is 16.7. The molecule has 0 radical (unpaired) electrons. The van der Waals surface area contributed by atoms with Gasteiger partial charge in [-0.05, 0) is 48.2 Å². The molecule has 4 rings (SSSR count). The van der Waals surface area contributed by atoms with Crippen LogP contribution in [0.5, 0.6) is 11.5 Å². The van der Waals surface area contributed by atoms with E-state index in [1.165, 1.54) is 18.2 Å². The second kappa shape index (κ2) is 8.10. The van der Waals surface area contributed by atoms with Crippen LogP contribution in [0.1, 0.15) is 29.2 Å². The highest BCUT2D eigenvalue weighted by Crippen LogP contribution is 2.44. The third kappa shape index (κ3) is 4.20. The van der Waals surface area contributed by atoms with Crippen LogP contribution in [0.4, 0.5) is 13.2 Å². The van der Waals surface area contributed by atoms with Gasteiger partial charge in [-0.3, -0.25) is 4.79 Å². The van der Waals surface area contributed by atoms with Crippen molar-refractivity contribution in [3.05, 3.63) is 59.3 Å². The summed E-state index contributed by atoms with van der Waals surface area (Å²) >= 11 is 0. The van der Waals surface area contributed by atoms with Gasteiger partial charge >= 0.3 is 12.3 Å². The van der Waals surface area contributed by atoms with Crippen LogP contribution in [0.3, 0.4) is 0 Å². The Balaban J connectivity index is 1.81. The lowest BCUT2D eigenvalue weighted by atomic mass is 9.99. The second-order valence-corrected chi connectivity index (χ2v) is 7.47. The molecule has 0 bridgehead atoms. The molecule has 2 aromatic carbocycles. The average molecular weight is 448 g/mol. The van der Waals surface area contributed by atoms with Gasteiger partial charge in [0.05, 0.1) is 11.4 Å². The molecule has 1 aliphatic carbocycles. The van der Waals surface area contributed by atoms with Crippen molar-refractivity contribution in [3.8, 4) is 11.5 Å². The second-order valence-electron chi connectivity index (χ2n) is 7.47. The molecule has 10 heteroatoms. The largest absolute Gasteiger partial charge is 0.573 e. The Kier molecular flexibility index (Phi) is 5.45. The number of amides is 1. The van der Waals surface area contributed by atoms with Crippen LogP contribution in [0.15, 0.2) is 42.5 Å². The van der Waals surface area contributed by atoms with Crippen molar-refractivity contribution in [2.75, 3.05) is 6.61 Å². The minimum Gasteiger partial charge on any atom is -0.481 e. The van der Waals surface area contributed by atoms with Crippen LogP contribution in [0.2, 0.25) is 0 Å². The molecule has 0 aliphatic heterocycles. The zero-order valence-corrected chi connectivity index (χ0v) is 16.7. The maximum Gasteiger partial charge on any atom is 0.573 e. The molecule has 1 aliphatic rings. The Morgan fingerprint density at radius 3 is 2.62 bits per heavy atom. The first-order chi connectivity index (χ1) is 15.1. The van der Waals surface area contributed by atoms with Crippen LogP contribution < -0.4 is 15.2 Å².